The summed E-state index contributed by atoms with van der Waals surface area (Å²) in [6, 6.07) is 9.15. The maximum atomic E-state index is 12.8. The molecule has 1 aliphatic rings. The minimum Gasteiger partial charge on any atom is -0.388 e. The molecule has 2 aromatic rings. The van der Waals surface area contributed by atoms with E-state index in [1.54, 1.807) is 29.6 Å². The third-order valence-corrected chi connectivity index (χ3v) is 4.19. The number of aliphatic hydroxyl groups is 1. The van der Waals surface area contributed by atoms with Crippen molar-refractivity contribution in [3.8, 4) is 5.69 Å². The fourth-order valence-electron chi connectivity index (χ4n) is 3.11. The number of aromatic nitrogens is 2. The van der Waals surface area contributed by atoms with Crippen molar-refractivity contribution in [3.63, 3.8) is 0 Å². The molecule has 3 rings (SSSR count). The molecule has 5 heteroatoms. The number of hydrogen-bond donors (Lipinski definition) is 1. The molecule has 0 spiro atoms. The highest BCUT2D eigenvalue weighted by molar-refractivity contribution is 5.95. The van der Waals surface area contributed by atoms with Crippen LogP contribution >= 0.6 is 0 Å². The van der Waals surface area contributed by atoms with Crippen LogP contribution in [0, 0.1) is 0 Å². The van der Waals surface area contributed by atoms with Gasteiger partial charge < -0.3 is 10.0 Å². The summed E-state index contributed by atoms with van der Waals surface area (Å²) in [5.74, 6) is -0.0290. The fraction of sp³-hybridized carbons (Fsp3) is 0.412. The third-order valence-electron chi connectivity index (χ3n) is 4.19. The van der Waals surface area contributed by atoms with Crippen molar-refractivity contribution in [3.05, 3.63) is 48.3 Å². The maximum Gasteiger partial charge on any atom is 0.254 e. The Bertz CT molecular complexity index is 659. The third kappa shape index (κ3) is 2.76. The number of carbonyl (C=O) groups excluding carboxylic acids is 1. The average molecular weight is 299 g/mol. The monoisotopic (exact) mass is 299 g/mol. The Morgan fingerprint density at radius 3 is 2.86 bits per heavy atom. The van der Waals surface area contributed by atoms with Gasteiger partial charge in [0.25, 0.3) is 5.91 Å². The number of amides is 1. The van der Waals surface area contributed by atoms with E-state index in [9.17, 15) is 9.90 Å². The van der Waals surface area contributed by atoms with Crippen molar-refractivity contribution in [2.24, 2.45) is 0 Å². The zero-order chi connectivity index (χ0) is 15.7. The molecule has 1 N–H and O–H groups in total. The lowest BCUT2D eigenvalue weighted by Gasteiger charge is -2.33. The zero-order valence-electron chi connectivity index (χ0n) is 12.9. The predicted molar refractivity (Wildman–Crippen MR) is 83.9 cm³/mol. The molecule has 1 atom stereocenters. The second-order valence-electron chi connectivity index (χ2n) is 6.31. The molecule has 5 nitrogen and oxygen atoms in total. The van der Waals surface area contributed by atoms with E-state index in [-0.39, 0.29) is 11.9 Å². The molecule has 0 saturated carbocycles. The smallest absolute Gasteiger partial charge is 0.254 e. The van der Waals surface area contributed by atoms with E-state index in [2.05, 4.69) is 5.10 Å². The summed E-state index contributed by atoms with van der Waals surface area (Å²) >= 11 is 0. The lowest BCUT2D eigenvalue weighted by molar-refractivity contribution is 0.000336. The van der Waals surface area contributed by atoms with Crippen LogP contribution in [-0.4, -0.2) is 43.9 Å². The molecule has 116 valence electrons. The van der Waals surface area contributed by atoms with Crippen LogP contribution in [0.5, 0.6) is 0 Å². The molecular weight excluding hydrogens is 278 g/mol. The first-order chi connectivity index (χ1) is 10.5. The zero-order valence-corrected chi connectivity index (χ0v) is 12.9. The van der Waals surface area contributed by atoms with Crippen molar-refractivity contribution in [1.82, 2.24) is 14.7 Å². The first kappa shape index (κ1) is 14.8. The van der Waals surface area contributed by atoms with Crippen molar-refractivity contribution >= 4 is 5.91 Å². The van der Waals surface area contributed by atoms with Gasteiger partial charge in [0.1, 0.15) is 0 Å². The fourth-order valence-corrected chi connectivity index (χ4v) is 3.11. The molecule has 1 aromatic heterocycles. The van der Waals surface area contributed by atoms with Crippen LogP contribution in [0.25, 0.3) is 5.69 Å². The highest BCUT2D eigenvalue weighted by atomic mass is 16.3. The molecule has 0 aliphatic carbocycles. The summed E-state index contributed by atoms with van der Waals surface area (Å²) in [4.78, 5) is 14.6. The Morgan fingerprint density at radius 2 is 2.18 bits per heavy atom. The van der Waals surface area contributed by atoms with Crippen molar-refractivity contribution in [1.29, 1.82) is 0 Å². The normalized spacial score (nSPS) is 18.7. The van der Waals surface area contributed by atoms with E-state index >= 15 is 0 Å². The van der Waals surface area contributed by atoms with Crippen LogP contribution in [-0.2, 0) is 0 Å². The molecule has 1 saturated heterocycles. The van der Waals surface area contributed by atoms with Gasteiger partial charge in [0, 0.05) is 24.5 Å². The Hall–Kier alpha value is -2.14. The SMILES string of the molecule is CC(C)(O)C1CCCN1C(=O)c1cccc(-n2cccn2)c1. The number of nitrogens with zero attached hydrogens (tertiary/aromatic N) is 3. The van der Waals surface area contributed by atoms with Crippen LogP contribution in [0.2, 0.25) is 0 Å². The summed E-state index contributed by atoms with van der Waals surface area (Å²) in [5.41, 5.74) is 0.602. The van der Waals surface area contributed by atoms with Crippen LogP contribution in [0.3, 0.4) is 0 Å². The summed E-state index contributed by atoms with van der Waals surface area (Å²) in [7, 11) is 0. The summed E-state index contributed by atoms with van der Waals surface area (Å²) in [6.07, 6.45) is 5.33. The first-order valence-corrected chi connectivity index (χ1v) is 7.60. The van der Waals surface area contributed by atoms with Gasteiger partial charge in [0.05, 0.1) is 17.3 Å². The van der Waals surface area contributed by atoms with Crippen molar-refractivity contribution < 1.29 is 9.90 Å². The summed E-state index contributed by atoms with van der Waals surface area (Å²) < 4.78 is 1.73. The van der Waals surface area contributed by atoms with E-state index in [0.29, 0.717) is 12.1 Å². The molecule has 1 unspecified atom stereocenters. The molecule has 22 heavy (non-hydrogen) atoms. The molecule has 1 aromatic carbocycles. The van der Waals surface area contributed by atoms with Gasteiger partial charge in [0.2, 0.25) is 0 Å². The largest absolute Gasteiger partial charge is 0.388 e. The van der Waals surface area contributed by atoms with E-state index in [0.717, 1.165) is 18.5 Å². The van der Waals surface area contributed by atoms with Gasteiger partial charge >= 0.3 is 0 Å². The topological polar surface area (TPSA) is 58.4 Å². The highest BCUT2D eigenvalue weighted by Crippen LogP contribution is 2.28. The van der Waals surface area contributed by atoms with E-state index in [4.69, 9.17) is 0 Å². The Labute approximate surface area is 130 Å². The number of rotatable bonds is 3. The van der Waals surface area contributed by atoms with Gasteiger partial charge in [-0.15, -0.1) is 0 Å². The van der Waals surface area contributed by atoms with Crippen LogP contribution in [0.15, 0.2) is 42.7 Å². The maximum absolute atomic E-state index is 12.8. The van der Waals surface area contributed by atoms with Gasteiger partial charge in [-0.1, -0.05) is 6.07 Å². The molecule has 1 aliphatic heterocycles. The molecule has 1 amide bonds. The molecule has 0 bridgehead atoms. The summed E-state index contributed by atoms with van der Waals surface area (Å²) in [5, 5.41) is 14.5. The van der Waals surface area contributed by atoms with Gasteiger partial charge in [-0.3, -0.25) is 4.79 Å². The van der Waals surface area contributed by atoms with E-state index in [1.165, 1.54) is 0 Å². The van der Waals surface area contributed by atoms with Crippen molar-refractivity contribution in [2.45, 2.75) is 38.3 Å². The quantitative estimate of drug-likeness (QED) is 0.945. The highest BCUT2D eigenvalue weighted by Gasteiger charge is 2.38. The minimum atomic E-state index is -0.883. The van der Waals surface area contributed by atoms with Gasteiger partial charge in [-0.25, -0.2) is 4.68 Å². The van der Waals surface area contributed by atoms with Gasteiger partial charge in [-0.2, -0.15) is 5.10 Å². The van der Waals surface area contributed by atoms with E-state index < -0.39 is 5.60 Å². The van der Waals surface area contributed by atoms with Gasteiger partial charge in [-0.05, 0) is 51.0 Å². The van der Waals surface area contributed by atoms with E-state index in [1.807, 2.05) is 36.5 Å². The molecule has 0 radical (unpaired) electrons. The Kier molecular flexibility index (Phi) is 3.74. The molecular formula is C17H21N3O2. The second-order valence-corrected chi connectivity index (χ2v) is 6.31. The second kappa shape index (κ2) is 5.57. The van der Waals surface area contributed by atoms with Crippen LogP contribution < -0.4 is 0 Å². The summed E-state index contributed by atoms with van der Waals surface area (Å²) in [6.45, 7) is 4.23. The van der Waals surface area contributed by atoms with Gasteiger partial charge in [0.15, 0.2) is 0 Å². The number of likely N-dealkylation sites (tertiary alicyclic amines) is 1. The lowest BCUT2D eigenvalue weighted by Crippen LogP contribution is -2.48. The lowest BCUT2D eigenvalue weighted by atomic mass is 9.96. The number of benzene rings is 1. The Morgan fingerprint density at radius 1 is 1.36 bits per heavy atom. The number of hydrogen-bond acceptors (Lipinski definition) is 3. The first-order valence-electron chi connectivity index (χ1n) is 7.60. The molecule has 1 fully saturated rings. The molecule has 2 heterocycles. The standard InChI is InChI=1S/C17H21N3O2/c1-17(2,22)15-8-4-10-19(15)16(21)13-6-3-7-14(12-13)20-11-5-9-18-20/h3,5-7,9,11-12,15,22H,4,8,10H2,1-2H3. The van der Waals surface area contributed by atoms with Crippen LogP contribution in [0.4, 0.5) is 0 Å². The average Bonchev–Trinajstić information content (AvgIpc) is 3.17. The van der Waals surface area contributed by atoms with Crippen molar-refractivity contribution in [2.75, 3.05) is 6.54 Å². The minimum absolute atomic E-state index is 0.0290. The Balaban J connectivity index is 1.88. The van der Waals surface area contributed by atoms with Crippen LogP contribution in [0.1, 0.15) is 37.0 Å². The number of carbonyl (C=O) groups is 1. The predicted octanol–water partition coefficient (Wildman–Crippen LogP) is 2.25.